The molecular formula is C21H26INO3S. The van der Waals surface area contributed by atoms with Crippen LogP contribution in [0, 0.1) is 0 Å². The molecule has 0 aromatic heterocycles. The van der Waals surface area contributed by atoms with Crippen molar-refractivity contribution in [2.45, 2.75) is 39.0 Å². The summed E-state index contributed by atoms with van der Waals surface area (Å²) in [6, 6.07) is 12.9. The zero-order chi connectivity index (χ0) is 19.7. The van der Waals surface area contributed by atoms with Crippen LogP contribution in [0.5, 0.6) is 0 Å². The molecule has 3 rings (SSSR count). The van der Waals surface area contributed by atoms with E-state index in [1.54, 1.807) is 0 Å². The maximum absolute atomic E-state index is 11.0. The van der Waals surface area contributed by atoms with Gasteiger partial charge in [-0.3, -0.25) is 4.55 Å². The van der Waals surface area contributed by atoms with E-state index >= 15 is 0 Å². The molecule has 0 saturated heterocycles. The van der Waals surface area contributed by atoms with Gasteiger partial charge in [-0.2, -0.15) is 8.42 Å². The molecule has 146 valence electrons. The minimum absolute atomic E-state index is 0.0269. The summed E-state index contributed by atoms with van der Waals surface area (Å²) in [4.78, 5) is 0. The van der Waals surface area contributed by atoms with Crippen molar-refractivity contribution in [2.24, 2.45) is 0 Å². The Morgan fingerprint density at radius 1 is 1.15 bits per heavy atom. The monoisotopic (exact) mass is 499 g/mol. The van der Waals surface area contributed by atoms with E-state index in [9.17, 15) is 8.42 Å². The second-order valence-electron chi connectivity index (χ2n) is 7.32. The first-order chi connectivity index (χ1) is 12.7. The van der Waals surface area contributed by atoms with Gasteiger partial charge in [-0.1, -0.05) is 56.3 Å². The maximum Gasteiger partial charge on any atom is 0.264 e. The second kappa shape index (κ2) is 8.01. The number of anilines is 1. The van der Waals surface area contributed by atoms with Crippen molar-refractivity contribution in [1.82, 2.24) is 0 Å². The molecule has 0 radical (unpaired) electrons. The van der Waals surface area contributed by atoms with E-state index in [-0.39, 0.29) is 32.2 Å². The molecule has 4 nitrogen and oxygen atoms in total. The van der Waals surface area contributed by atoms with Gasteiger partial charge in [-0.05, 0) is 42.2 Å². The number of rotatable bonds is 6. The van der Waals surface area contributed by atoms with Crippen LogP contribution in [0.15, 0.2) is 48.6 Å². The number of hydrogen-bond donors (Lipinski definition) is 1. The Morgan fingerprint density at radius 3 is 2.59 bits per heavy atom. The van der Waals surface area contributed by atoms with Crippen molar-refractivity contribution >= 4 is 51.1 Å². The van der Waals surface area contributed by atoms with Crippen molar-refractivity contribution in [3.63, 3.8) is 0 Å². The largest absolute Gasteiger partial charge is 0.319 e. The topological polar surface area (TPSA) is 57.6 Å². The van der Waals surface area contributed by atoms with Crippen LogP contribution in [0.1, 0.15) is 39.2 Å². The Bertz CT molecular complexity index is 1010. The number of unbranched alkanes of at least 4 members (excludes halogenated alkanes) is 1. The fourth-order valence-corrected chi connectivity index (χ4v) is 7.41. The smallest absolute Gasteiger partial charge is 0.264 e. The summed E-state index contributed by atoms with van der Waals surface area (Å²) >= 11 is -0.354. The highest BCUT2D eigenvalue weighted by Crippen LogP contribution is 2.46. The summed E-state index contributed by atoms with van der Waals surface area (Å²) in [6.45, 7) is 7.49. The van der Waals surface area contributed by atoms with Crippen LogP contribution in [0.2, 0.25) is 0 Å². The molecule has 6 heteroatoms. The zero-order valence-electron chi connectivity index (χ0n) is 15.9. The number of benzene rings is 2. The van der Waals surface area contributed by atoms with Crippen LogP contribution < -0.4 is 3.11 Å². The normalized spacial score (nSPS) is 16.9. The van der Waals surface area contributed by atoms with E-state index < -0.39 is 10.1 Å². The van der Waals surface area contributed by atoms with Gasteiger partial charge in [0.05, 0.1) is 11.4 Å². The summed E-state index contributed by atoms with van der Waals surface area (Å²) in [5.74, 6) is -0.166. The molecule has 0 aliphatic carbocycles. The first kappa shape index (κ1) is 20.5. The lowest BCUT2D eigenvalue weighted by Gasteiger charge is -2.39. The van der Waals surface area contributed by atoms with Gasteiger partial charge in [0.15, 0.2) is 0 Å². The summed E-state index contributed by atoms with van der Waals surface area (Å²) in [6.07, 6.45) is 5.59. The van der Waals surface area contributed by atoms with Gasteiger partial charge in [-0.15, -0.1) is 0 Å². The van der Waals surface area contributed by atoms with E-state index in [1.165, 1.54) is 25.5 Å². The molecule has 0 saturated carbocycles. The maximum atomic E-state index is 11.0. The zero-order valence-corrected chi connectivity index (χ0v) is 18.9. The number of fused-ring (bicyclic) bond motifs is 3. The highest BCUT2D eigenvalue weighted by atomic mass is 127. The molecule has 1 heterocycles. The van der Waals surface area contributed by atoms with Crippen LogP contribution in [0.3, 0.4) is 0 Å². The van der Waals surface area contributed by atoms with Crippen molar-refractivity contribution in [3.8, 4) is 0 Å². The summed E-state index contributed by atoms with van der Waals surface area (Å²) in [5, 5.41) is 2.53. The Hall–Kier alpha value is -1.25. The standard InChI is InChI=1S/C21H26INO3S/c1-4-9-19-21(2,3)20-17-11-6-5-10-16(17)12-13-18(20)23(22-19)14-7-8-15-27(24,25)26/h4-6,9-13H,7-8,14-15H2,1-3H3,(H,24,25,26)/b9-4+. The van der Waals surface area contributed by atoms with Crippen LogP contribution in [0.4, 0.5) is 5.69 Å². The van der Waals surface area contributed by atoms with Gasteiger partial charge in [0.25, 0.3) is 10.1 Å². The number of allylic oxidation sites excluding steroid dienone is 2. The minimum atomic E-state index is -3.88. The van der Waals surface area contributed by atoms with Crippen molar-refractivity contribution in [3.05, 3.63) is 54.1 Å². The molecule has 0 amide bonds. The Balaban J connectivity index is 2.02. The fraction of sp³-hybridized carbons (Fsp3) is 0.381. The van der Waals surface area contributed by atoms with E-state index in [0.29, 0.717) is 6.42 Å². The molecule has 27 heavy (non-hydrogen) atoms. The summed E-state index contributed by atoms with van der Waals surface area (Å²) in [7, 11) is -3.88. The van der Waals surface area contributed by atoms with E-state index in [2.05, 4.69) is 72.4 Å². The third kappa shape index (κ3) is 4.43. The third-order valence-electron chi connectivity index (χ3n) is 4.90. The lowest BCUT2D eigenvalue weighted by molar-refractivity contribution is 0.480. The molecule has 2 aromatic carbocycles. The van der Waals surface area contributed by atoms with E-state index in [1.807, 2.05) is 0 Å². The highest BCUT2D eigenvalue weighted by molar-refractivity contribution is 14.2. The second-order valence-corrected chi connectivity index (χ2v) is 11.7. The van der Waals surface area contributed by atoms with Crippen LogP contribution >= 0.6 is 21.0 Å². The van der Waals surface area contributed by atoms with Gasteiger partial charge in [-0.25, -0.2) is 0 Å². The van der Waals surface area contributed by atoms with E-state index in [4.69, 9.17) is 4.55 Å². The first-order valence-electron chi connectivity index (χ1n) is 9.14. The molecule has 0 bridgehead atoms. The van der Waals surface area contributed by atoms with Crippen molar-refractivity contribution < 1.29 is 13.0 Å². The third-order valence-corrected chi connectivity index (χ3v) is 9.52. The lowest BCUT2D eigenvalue weighted by Crippen LogP contribution is -2.34. The number of halogens is 1. The average molecular weight is 499 g/mol. The van der Waals surface area contributed by atoms with Gasteiger partial charge in [0, 0.05) is 36.5 Å². The molecule has 1 aliphatic rings. The highest BCUT2D eigenvalue weighted by Gasteiger charge is 2.34. The Labute approximate surface area is 172 Å². The first-order valence-corrected chi connectivity index (χ1v) is 12.8. The van der Waals surface area contributed by atoms with Crippen LogP contribution in [0.25, 0.3) is 10.8 Å². The van der Waals surface area contributed by atoms with Gasteiger partial charge in [0.2, 0.25) is 0 Å². The van der Waals surface area contributed by atoms with Gasteiger partial charge in [0.1, 0.15) is 0 Å². The molecule has 2 aromatic rings. The molecule has 0 atom stereocenters. The molecule has 1 aliphatic heterocycles. The molecule has 0 fully saturated rings. The summed E-state index contributed by atoms with van der Waals surface area (Å²) in [5.41, 5.74) is 2.60. The number of nitrogens with zero attached hydrogens (tertiary/aromatic N) is 1. The van der Waals surface area contributed by atoms with Gasteiger partial charge < -0.3 is 3.11 Å². The average Bonchev–Trinajstić information content (AvgIpc) is 2.60. The van der Waals surface area contributed by atoms with Crippen molar-refractivity contribution in [1.29, 1.82) is 0 Å². The predicted octanol–water partition coefficient (Wildman–Crippen LogP) is 5.24. The SMILES string of the molecule is C/C=C/C1=IN(CCCCS(=O)(=O)O)c2ccc3ccccc3c2C1(C)C. The molecule has 0 unspecified atom stereocenters. The Kier molecular flexibility index (Phi) is 6.08. The van der Waals surface area contributed by atoms with Crippen LogP contribution in [-0.4, -0.2) is 28.8 Å². The fourth-order valence-electron chi connectivity index (χ4n) is 3.58. The Morgan fingerprint density at radius 2 is 1.89 bits per heavy atom. The number of hydrogen-bond acceptors (Lipinski definition) is 3. The minimum Gasteiger partial charge on any atom is -0.319 e. The quantitative estimate of drug-likeness (QED) is 0.256. The molecule has 0 spiro atoms. The molecule has 1 N–H and O–H groups in total. The summed E-state index contributed by atoms with van der Waals surface area (Å²) < 4.78 is 34.8. The van der Waals surface area contributed by atoms with Gasteiger partial charge >= 0.3 is 0 Å². The molecular weight excluding hydrogens is 473 g/mol. The predicted molar refractivity (Wildman–Crippen MR) is 124 cm³/mol. The van der Waals surface area contributed by atoms with Crippen LogP contribution in [-0.2, 0) is 15.5 Å². The van der Waals surface area contributed by atoms with Crippen molar-refractivity contribution in [2.75, 3.05) is 15.4 Å². The lowest BCUT2D eigenvalue weighted by atomic mass is 9.78. The van der Waals surface area contributed by atoms with E-state index in [0.717, 1.165) is 13.0 Å².